The van der Waals surface area contributed by atoms with Crippen LogP contribution in [0.25, 0.3) is 0 Å². The molecule has 31 heavy (non-hydrogen) atoms. The molecule has 0 aliphatic carbocycles. The van der Waals surface area contributed by atoms with E-state index in [0.717, 1.165) is 0 Å². The van der Waals surface area contributed by atoms with Crippen molar-refractivity contribution in [2.45, 2.75) is 24.9 Å². The van der Waals surface area contributed by atoms with Crippen LogP contribution in [-0.2, 0) is 32.0 Å². The molecule has 0 fully saturated rings. The number of nitrogens with two attached hydrogens (primary N) is 1. The first-order chi connectivity index (χ1) is 14.8. The van der Waals surface area contributed by atoms with Crippen molar-refractivity contribution in [2.24, 2.45) is 5.73 Å². The van der Waals surface area contributed by atoms with Crippen LogP contribution >= 0.6 is 0 Å². The van der Waals surface area contributed by atoms with Gasteiger partial charge in [0.15, 0.2) is 0 Å². The smallest absolute Gasteiger partial charge is 0.322 e. The fourth-order valence-corrected chi connectivity index (χ4v) is 2.71. The Bertz CT molecular complexity index is 899. The summed E-state index contributed by atoms with van der Waals surface area (Å²) >= 11 is 0. The topological polar surface area (TPSA) is 200 Å². The summed E-state index contributed by atoms with van der Waals surface area (Å²) < 4.78 is 0. The van der Waals surface area contributed by atoms with E-state index in [0.29, 0.717) is 11.3 Å². The molecule has 2 unspecified atom stereocenters. The van der Waals surface area contributed by atoms with Gasteiger partial charge in [-0.2, -0.15) is 0 Å². The van der Waals surface area contributed by atoms with Crippen LogP contribution in [0.5, 0.6) is 5.75 Å². The molecule has 3 amide bonds. The molecule has 0 saturated heterocycles. The fourth-order valence-electron chi connectivity index (χ4n) is 2.71. The van der Waals surface area contributed by atoms with Crippen LogP contribution in [-0.4, -0.2) is 69.0 Å². The Morgan fingerprint density at radius 1 is 1.03 bits per heavy atom. The number of hydrogen-bond donors (Lipinski definition) is 7. The highest BCUT2D eigenvalue weighted by Gasteiger charge is 2.27. The third-order valence-corrected chi connectivity index (χ3v) is 4.24. The first kappa shape index (κ1) is 23.3. The van der Waals surface area contributed by atoms with Gasteiger partial charge in [0, 0.05) is 24.7 Å². The largest absolute Gasteiger partial charge is 0.508 e. The molecule has 1 aromatic carbocycles. The number of phenols is 1. The number of aromatic amines is 1. The lowest BCUT2D eigenvalue weighted by Crippen LogP contribution is -2.56. The van der Waals surface area contributed by atoms with E-state index < -0.39 is 42.3 Å². The van der Waals surface area contributed by atoms with Crippen LogP contribution in [0, 0.1) is 0 Å². The zero-order valence-electron chi connectivity index (χ0n) is 16.5. The van der Waals surface area contributed by atoms with E-state index in [-0.39, 0.29) is 25.1 Å². The number of carbonyl (C=O) groups excluding carboxylic acids is 3. The Labute approximate surface area is 177 Å². The number of carboxylic acid groups (broad SMARTS) is 1. The standard InChI is InChI=1S/C19H24N6O6/c20-7-16(27)24-14(5-11-1-3-13(26)4-2-11)19(31)25-15(6-12-8-21-10-23-12)18(30)22-9-17(28)29/h1-4,8,10,14-15,26H,5-7,9,20H2,(H,21,23)(H,22,30)(H,24,27)(H,25,31)(H,28,29). The molecule has 0 aliphatic rings. The number of phenolic OH excluding ortho intramolecular Hbond substituents is 1. The summed E-state index contributed by atoms with van der Waals surface area (Å²) in [5.74, 6) is -3.13. The summed E-state index contributed by atoms with van der Waals surface area (Å²) in [7, 11) is 0. The molecule has 0 aliphatic heterocycles. The average Bonchev–Trinajstić information content (AvgIpc) is 3.25. The number of amides is 3. The van der Waals surface area contributed by atoms with Gasteiger partial charge in [-0.05, 0) is 17.7 Å². The number of hydrogen-bond acceptors (Lipinski definition) is 7. The summed E-state index contributed by atoms with van der Waals surface area (Å²) in [6.07, 6.45) is 2.96. The molecule has 2 aromatic rings. The highest BCUT2D eigenvalue weighted by atomic mass is 16.4. The van der Waals surface area contributed by atoms with Gasteiger partial charge in [0.05, 0.1) is 12.9 Å². The molecule has 1 aromatic heterocycles. The van der Waals surface area contributed by atoms with Crippen LogP contribution in [0.4, 0.5) is 0 Å². The zero-order valence-corrected chi connectivity index (χ0v) is 16.5. The summed E-state index contributed by atoms with van der Waals surface area (Å²) in [4.78, 5) is 54.6. The van der Waals surface area contributed by atoms with Crippen LogP contribution in [0.3, 0.4) is 0 Å². The first-order valence-corrected chi connectivity index (χ1v) is 9.33. The van der Waals surface area contributed by atoms with Crippen molar-refractivity contribution in [3.8, 4) is 5.75 Å². The van der Waals surface area contributed by atoms with Crippen LogP contribution < -0.4 is 21.7 Å². The Morgan fingerprint density at radius 3 is 2.29 bits per heavy atom. The predicted octanol–water partition coefficient (Wildman–Crippen LogP) is -1.97. The van der Waals surface area contributed by atoms with Gasteiger partial charge in [-0.3, -0.25) is 19.2 Å². The Hall–Kier alpha value is -3.93. The van der Waals surface area contributed by atoms with Gasteiger partial charge >= 0.3 is 5.97 Å². The van der Waals surface area contributed by atoms with E-state index in [4.69, 9.17) is 10.8 Å². The Kier molecular flexibility index (Phi) is 8.52. The van der Waals surface area contributed by atoms with E-state index in [1.165, 1.54) is 24.7 Å². The monoisotopic (exact) mass is 432 g/mol. The van der Waals surface area contributed by atoms with Gasteiger partial charge < -0.3 is 36.9 Å². The maximum atomic E-state index is 12.9. The molecule has 2 atom stereocenters. The molecule has 8 N–H and O–H groups in total. The second-order valence-electron chi connectivity index (χ2n) is 6.65. The Balaban J connectivity index is 2.16. The van der Waals surface area contributed by atoms with E-state index in [2.05, 4.69) is 25.9 Å². The second-order valence-corrected chi connectivity index (χ2v) is 6.65. The molecule has 2 rings (SSSR count). The minimum absolute atomic E-state index is 0.0218. The number of nitrogens with zero attached hydrogens (tertiary/aromatic N) is 1. The number of aromatic hydroxyl groups is 1. The van der Waals surface area contributed by atoms with Gasteiger partial charge in [0.2, 0.25) is 17.7 Å². The van der Waals surface area contributed by atoms with Crippen LogP contribution in [0.15, 0.2) is 36.8 Å². The quantitative estimate of drug-likeness (QED) is 0.212. The van der Waals surface area contributed by atoms with Gasteiger partial charge in [0.25, 0.3) is 0 Å². The number of carboxylic acids is 1. The summed E-state index contributed by atoms with van der Waals surface area (Å²) in [5, 5.41) is 25.5. The van der Waals surface area contributed by atoms with Crippen molar-refractivity contribution in [1.29, 1.82) is 0 Å². The molecule has 0 spiro atoms. The Morgan fingerprint density at radius 2 is 1.71 bits per heavy atom. The first-order valence-electron chi connectivity index (χ1n) is 9.33. The molecule has 0 bridgehead atoms. The minimum atomic E-state index is -1.24. The molecule has 12 nitrogen and oxygen atoms in total. The summed E-state index contributed by atoms with van der Waals surface area (Å²) in [5.41, 5.74) is 6.52. The normalized spacial score (nSPS) is 12.4. The molecule has 1 heterocycles. The van der Waals surface area contributed by atoms with Crippen molar-refractivity contribution in [1.82, 2.24) is 25.9 Å². The maximum absolute atomic E-state index is 12.9. The predicted molar refractivity (Wildman–Crippen MR) is 108 cm³/mol. The lowest BCUT2D eigenvalue weighted by atomic mass is 10.0. The van der Waals surface area contributed by atoms with Crippen LogP contribution in [0.2, 0.25) is 0 Å². The van der Waals surface area contributed by atoms with Crippen molar-refractivity contribution in [3.05, 3.63) is 48.0 Å². The number of rotatable bonds is 11. The van der Waals surface area contributed by atoms with E-state index in [1.807, 2.05) is 0 Å². The zero-order chi connectivity index (χ0) is 22.8. The van der Waals surface area contributed by atoms with Crippen molar-refractivity contribution in [3.63, 3.8) is 0 Å². The lowest BCUT2D eigenvalue weighted by Gasteiger charge is -2.23. The minimum Gasteiger partial charge on any atom is -0.508 e. The van der Waals surface area contributed by atoms with Gasteiger partial charge in [0.1, 0.15) is 24.4 Å². The van der Waals surface area contributed by atoms with Crippen molar-refractivity contribution >= 4 is 23.7 Å². The van der Waals surface area contributed by atoms with E-state index in [9.17, 15) is 24.3 Å². The van der Waals surface area contributed by atoms with E-state index >= 15 is 0 Å². The molecular formula is C19H24N6O6. The third kappa shape index (κ3) is 7.78. The second kappa shape index (κ2) is 11.3. The fraction of sp³-hybridized carbons (Fsp3) is 0.316. The van der Waals surface area contributed by atoms with E-state index in [1.54, 1.807) is 12.1 Å². The average molecular weight is 432 g/mol. The summed E-state index contributed by atoms with van der Waals surface area (Å²) in [6.45, 7) is -0.953. The number of nitrogens with one attached hydrogen (secondary N) is 4. The van der Waals surface area contributed by atoms with Gasteiger partial charge in [-0.1, -0.05) is 12.1 Å². The van der Waals surface area contributed by atoms with Gasteiger partial charge in [-0.25, -0.2) is 4.98 Å². The highest BCUT2D eigenvalue weighted by Crippen LogP contribution is 2.12. The number of aliphatic carboxylic acids is 1. The number of imidazole rings is 1. The molecule has 166 valence electrons. The number of carbonyl (C=O) groups is 4. The summed E-state index contributed by atoms with van der Waals surface area (Å²) in [6, 6.07) is 3.88. The molecule has 0 radical (unpaired) electrons. The lowest BCUT2D eigenvalue weighted by molar-refractivity contribution is -0.138. The SMILES string of the molecule is NCC(=O)NC(Cc1ccc(O)cc1)C(=O)NC(Cc1cnc[nH]1)C(=O)NCC(=O)O. The van der Waals surface area contributed by atoms with Crippen LogP contribution in [0.1, 0.15) is 11.3 Å². The van der Waals surface area contributed by atoms with Gasteiger partial charge in [-0.15, -0.1) is 0 Å². The molecule has 0 saturated carbocycles. The molecule has 12 heteroatoms. The third-order valence-electron chi connectivity index (χ3n) is 4.24. The van der Waals surface area contributed by atoms with Crippen molar-refractivity contribution in [2.75, 3.05) is 13.1 Å². The molecular weight excluding hydrogens is 408 g/mol. The van der Waals surface area contributed by atoms with Crippen molar-refractivity contribution < 1.29 is 29.4 Å². The number of aromatic nitrogens is 2. The number of H-pyrrole nitrogens is 1. The highest BCUT2D eigenvalue weighted by molar-refractivity contribution is 5.93. The maximum Gasteiger partial charge on any atom is 0.322 e. The number of benzene rings is 1.